The third kappa shape index (κ3) is 2.66. The highest BCUT2D eigenvalue weighted by molar-refractivity contribution is 5.85. The summed E-state index contributed by atoms with van der Waals surface area (Å²) in [4.78, 5) is 11.2. The number of esters is 1. The zero-order valence-corrected chi connectivity index (χ0v) is 14.6. The largest absolute Gasteiger partial charge is 0.458 e. The Bertz CT molecular complexity index is 605. The zero-order chi connectivity index (χ0) is 17.5. The van der Waals surface area contributed by atoms with Crippen LogP contribution in [0.15, 0.2) is 36.0 Å². The Morgan fingerprint density at radius 3 is 2.79 bits per heavy atom. The minimum atomic E-state index is -0.467. The maximum atomic E-state index is 11.2. The van der Waals surface area contributed by atoms with Crippen molar-refractivity contribution in [3.05, 3.63) is 36.0 Å². The average molecular weight is 332 g/mol. The van der Waals surface area contributed by atoms with Crippen LogP contribution in [0.5, 0.6) is 0 Å². The number of rotatable bonds is 3. The van der Waals surface area contributed by atoms with Crippen LogP contribution >= 0.6 is 0 Å². The molecule has 4 heteroatoms. The molecule has 5 atom stereocenters. The van der Waals surface area contributed by atoms with Gasteiger partial charge in [-0.05, 0) is 42.6 Å². The van der Waals surface area contributed by atoms with Crippen LogP contribution in [0.1, 0.15) is 39.5 Å². The third-order valence-electron chi connectivity index (χ3n) is 6.74. The highest BCUT2D eigenvalue weighted by atomic mass is 16.5. The second kappa shape index (κ2) is 6.16. The van der Waals surface area contributed by atoms with Crippen LogP contribution in [-0.2, 0) is 9.53 Å². The second-order valence-electron chi connectivity index (χ2n) is 8.14. The normalized spacial score (nSPS) is 42.8. The fraction of sp³-hybridized carbons (Fsp3) is 0.650. The van der Waals surface area contributed by atoms with Gasteiger partial charge >= 0.3 is 5.97 Å². The van der Waals surface area contributed by atoms with Crippen molar-refractivity contribution >= 4 is 5.97 Å². The number of aliphatic hydroxyl groups is 2. The molecule has 1 aliphatic heterocycles. The summed E-state index contributed by atoms with van der Waals surface area (Å²) >= 11 is 0. The molecule has 0 saturated heterocycles. The van der Waals surface area contributed by atoms with Gasteiger partial charge in [0.05, 0.1) is 12.7 Å². The Kier molecular flexibility index (Phi) is 4.47. The van der Waals surface area contributed by atoms with E-state index in [1.54, 1.807) is 0 Å². The molecule has 0 radical (unpaired) electrons. The number of carbonyl (C=O) groups excluding carboxylic acids is 1. The molecule has 0 amide bonds. The molecule has 2 aliphatic carbocycles. The molecule has 2 N–H and O–H groups in total. The quantitative estimate of drug-likeness (QED) is 0.616. The lowest BCUT2D eigenvalue weighted by molar-refractivity contribution is -0.145. The first-order chi connectivity index (χ1) is 11.3. The van der Waals surface area contributed by atoms with Crippen molar-refractivity contribution in [1.82, 2.24) is 0 Å². The van der Waals surface area contributed by atoms with Gasteiger partial charge in [-0.2, -0.15) is 0 Å². The molecule has 0 aromatic rings. The Morgan fingerprint density at radius 2 is 2.17 bits per heavy atom. The fourth-order valence-corrected chi connectivity index (χ4v) is 5.20. The van der Waals surface area contributed by atoms with Gasteiger partial charge in [0.1, 0.15) is 6.61 Å². The number of cyclic esters (lactones) is 1. The number of hydrogen-bond acceptors (Lipinski definition) is 4. The average Bonchev–Trinajstić information content (AvgIpc) is 2.96. The minimum absolute atomic E-state index is 0.00479. The third-order valence-corrected chi connectivity index (χ3v) is 6.74. The van der Waals surface area contributed by atoms with Crippen molar-refractivity contribution in [3.8, 4) is 0 Å². The Balaban J connectivity index is 1.91. The van der Waals surface area contributed by atoms with Crippen LogP contribution in [0.4, 0.5) is 0 Å². The summed E-state index contributed by atoms with van der Waals surface area (Å²) in [5.74, 6) is 0.149. The Morgan fingerprint density at radius 1 is 1.42 bits per heavy atom. The molecule has 2 fully saturated rings. The van der Waals surface area contributed by atoms with E-state index in [0.29, 0.717) is 13.0 Å². The molecule has 24 heavy (non-hydrogen) atoms. The van der Waals surface area contributed by atoms with E-state index in [1.165, 1.54) is 11.6 Å². The molecule has 1 heterocycles. The minimum Gasteiger partial charge on any atom is -0.458 e. The van der Waals surface area contributed by atoms with E-state index in [0.717, 1.165) is 24.8 Å². The Hall–Kier alpha value is -1.39. The predicted octanol–water partition coefficient (Wildman–Crippen LogP) is 2.77. The predicted molar refractivity (Wildman–Crippen MR) is 92.1 cm³/mol. The number of carbonyl (C=O) groups is 1. The van der Waals surface area contributed by atoms with Gasteiger partial charge in [0.25, 0.3) is 0 Å². The highest BCUT2D eigenvalue weighted by Gasteiger charge is 2.57. The zero-order valence-electron chi connectivity index (χ0n) is 14.6. The molecule has 2 saturated carbocycles. The summed E-state index contributed by atoms with van der Waals surface area (Å²) in [6.45, 7) is 8.91. The molecule has 0 unspecified atom stereocenters. The van der Waals surface area contributed by atoms with E-state index in [-0.39, 0.29) is 29.8 Å². The maximum absolute atomic E-state index is 11.2. The molecule has 132 valence electrons. The summed E-state index contributed by atoms with van der Waals surface area (Å²) in [5.41, 5.74) is 1.59. The highest BCUT2D eigenvalue weighted by Crippen LogP contribution is 2.61. The van der Waals surface area contributed by atoms with Crippen LogP contribution in [0.3, 0.4) is 0 Å². The SMILES string of the molecule is C=C1CC[C@H]2[C@](C)(CO)[C@@H](O)CC[C@@]2(C)[C@H]1/C=C/C1=CC(=O)OC1. The summed E-state index contributed by atoms with van der Waals surface area (Å²) in [7, 11) is 0. The monoisotopic (exact) mass is 332 g/mol. The number of fused-ring (bicyclic) bond motifs is 1. The molecule has 4 nitrogen and oxygen atoms in total. The molecular weight excluding hydrogens is 304 g/mol. The standard InChI is InChI=1S/C20H28O4/c1-13-4-7-16-19(2,9-8-17(22)20(16,3)12-21)15(13)6-5-14-10-18(23)24-11-14/h5-6,10,15-17,21-22H,1,4,7-9,11-12H2,2-3H3/b6-5+/t15-,16+,17-,19-,20-/m0/s1. The van der Waals surface area contributed by atoms with Crippen molar-refractivity contribution in [2.75, 3.05) is 13.2 Å². The van der Waals surface area contributed by atoms with Crippen molar-refractivity contribution in [2.45, 2.75) is 45.6 Å². The summed E-state index contributed by atoms with van der Waals surface area (Å²) in [6, 6.07) is 0. The van der Waals surface area contributed by atoms with Crippen LogP contribution in [0.2, 0.25) is 0 Å². The Labute approximate surface area is 143 Å². The first kappa shape index (κ1) is 17.4. The van der Waals surface area contributed by atoms with E-state index in [1.807, 2.05) is 13.0 Å². The smallest absolute Gasteiger partial charge is 0.331 e. The number of aliphatic hydroxyl groups excluding tert-OH is 2. The number of allylic oxidation sites excluding steroid dienone is 2. The van der Waals surface area contributed by atoms with Gasteiger partial charge < -0.3 is 14.9 Å². The van der Waals surface area contributed by atoms with E-state index < -0.39 is 11.5 Å². The second-order valence-corrected chi connectivity index (χ2v) is 8.14. The first-order valence-corrected chi connectivity index (χ1v) is 8.83. The van der Waals surface area contributed by atoms with Crippen LogP contribution in [-0.4, -0.2) is 35.5 Å². The summed E-state index contributed by atoms with van der Waals surface area (Å²) in [6.07, 6.45) is 8.69. The van der Waals surface area contributed by atoms with Crippen molar-refractivity contribution < 1.29 is 19.7 Å². The lowest BCUT2D eigenvalue weighted by Crippen LogP contribution is -2.57. The molecule has 0 spiro atoms. The molecule has 0 aromatic carbocycles. The van der Waals surface area contributed by atoms with Gasteiger partial charge in [-0.15, -0.1) is 0 Å². The van der Waals surface area contributed by atoms with Crippen LogP contribution in [0.25, 0.3) is 0 Å². The molecule has 3 aliphatic rings. The van der Waals surface area contributed by atoms with E-state index in [2.05, 4.69) is 19.6 Å². The topological polar surface area (TPSA) is 66.8 Å². The fourth-order valence-electron chi connectivity index (χ4n) is 5.20. The molecular formula is C20H28O4. The number of ether oxygens (including phenoxy) is 1. The van der Waals surface area contributed by atoms with Gasteiger partial charge in [-0.3, -0.25) is 0 Å². The van der Waals surface area contributed by atoms with Crippen molar-refractivity contribution in [3.63, 3.8) is 0 Å². The lowest BCUT2D eigenvalue weighted by atomic mass is 9.46. The maximum Gasteiger partial charge on any atom is 0.331 e. The summed E-state index contributed by atoms with van der Waals surface area (Å²) < 4.78 is 4.96. The lowest BCUT2D eigenvalue weighted by Gasteiger charge is -2.59. The van der Waals surface area contributed by atoms with E-state index in [4.69, 9.17) is 4.74 Å². The van der Waals surface area contributed by atoms with Gasteiger partial charge in [0, 0.05) is 17.4 Å². The molecule has 3 rings (SSSR count). The van der Waals surface area contributed by atoms with E-state index in [9.17, 15) is 15.0 Å². The number of hydrogen-bond donors (Lipinski definition) is 2. The van der Waals surface area contributed by atoms with Gasteiger partial charge in [-0.1, -0.05) is 38.2 Å². The molecule has 0 bridgehead atoms. The first-order valence-electron chi connectivity index (χ1n) is 8.83. The van der Waals surface area contributed by atoms with Gasteiger partial charge in [0.15, 0.2) is 0 Å². The molecule has 0 aromatic heterocycles. The van der Waals surface area contributed by atoms with Crippen LogP contribution in [0, 0.1) is 22.7 Å². The van der Waals surface area contributed by atoms with Gasteiger partial charge in [0.2, 0.25) is 0 Å². The summed E-state index contributed by atoms with van der Waals surface area (Å²) in [5, 5.41) is 20.5. The van der Waals surface area contributed by atoms with E-state index >= 15 is 0 Å². The van der Waals surface area contributed by atoms with Crippen molar-refractivity contribution in [2.24, 2.45) is 22.7 Å². The van der Waals surface area contributed by atoms with Crippen LogP contribution < -0.4 is 0 Å². The van der Waals surface area contributed by atoms with Crippen molar-refractivity contribution in [1.29, 1.82) is 0 Å². The van der Waals surface area contributed by atoms with Gasteiger partial charge in [-0.25, -0.2) is 4.79 Å².